The van der Waals surface area contributed by atoms with Crippen molar-refractivity contribution in [1.82, 2.24) is 19.7 Å². The van der Waals surface area contributed by atoms with Gasteiger partial charge in [0.15, 0.2) is 0 Å². The Balaban J connectivity index is 1.72. The van der Waals surface area contributed by atoms with Gasteiger partial charge in [-0.3, -0.25) is 14.5 Å². The third kappa shape index (κ3) is 2.57. The molecule has 5 rings (SSSR count). The summed E-state index contributed by atoms with van der Waals surface area (Å²) in [6.07, 6.45) is 2.10. The summed E-state index contributed by atoms with van der Waals surface area (Å²) in [5.74, 6) is 0.505. The first-order valence-corrected chi connectivity index (χ1v) is 8.84. The number of nitrogens with one attached hydrogen (secondary N) is 1. The summed E-state index contributed by atoms with van der Waals surface area (Å²) in [5, 5.41) is 7.66. The van der Waals surface area contributed by atoms with Gasteiger partial charge in [-0.05, 0) is 12.1 Å². The van der Waals surface area contributed by atoms with E-state index in [9.17, 15) is 4.79 Å². The SMILES string of the molecule is Cn1nc(-c2ccccc2)c2c1NC(=O)C[C@@H]2c1cnc2ccccc2n1. The maximum absolute atomic E-state index is 12.4. The molecule has 0 fully saturated rings. The van der Waals surface area contributed by atoms with Crippen LogP contribution in [0.15, 0.2) is 60.8 Å². The van der Waals surface area contributed by atoms with Gasteiger partial charge in [0.1, 0.15) is 5.82 Å². The van der Waals surface area contributed by atoms with Crippen LogP contribution in [-0.4, -0.2) is 25.7 Å². The van der Waals surface area contributed by atoms with E-state index >= 15 is 0 Å². The second-order valence-corrected chi connectivity index (χ2v) is 6.69. The van der Waals surface area contributed by atoms with Gasteiger partial charge in [0.05, 0.1) is 22.4 Å². The van der Waals surface area contributed by atoms with Crippen LogP contribution in [0.2, 0.25) is 0 Å². The number of fused-ring (bicyclic) bond motifs is 2. The molecular formula is C21H17N5O. The molecule has 2 aromatic heterocycles. The summed E-state index contributed by atoms with van der Waals surface area (Å²) in [4.78, 5) is 21.7. The Labute approximate surface area is 155 Å². The number of carbonyl (C=O) groups excluding carboxylic acids is 1. The van der Waals surface area contributed by atoms with E-state index in [-0.39, 0.29) is 11.8 Å². The summed E-state index contributed by atoms with van der Waals surface area (Å²) < 4.78 is 1.73. The second kappa shape index (κ2) is 6.02. The monoisotopic (exact) mass is 355 g/mol. The van der Waals surface area contributed by atoms with Gasteiger partial charge in [-0.2, -0.15) is 5.10 Å². The number of para-hydroxylation sites is 2. The van der Waals surface area contributed by atoms with E-state index < -0.39 is 0 Å². The van der Waals surface area contributed by atoms with Crippen molar-refractivity contribution in [2.45, 2.75) is 12.3 Å². The number of aryl methyl sites for hydroxylation is 1. The van der Waals surface area contributed by atoms with Crippen molar-refractivity contribution >= 4 is 22.8 Å². The smallest absolute Gasteiger partial charge is 0.226 e. The number of nitrogens with zero attached hydrogens (tertiary/aromatic N) is 4. The van der Waals surface area contributed by atoms with E-state index in [1.54, 1.807) is 10.9 Å². The number of anilines is 1. The fraction of sp³-hybridized carbons (Fsp3) is 0.143. The fourth-order valence-electron chi connectivity index (χ4n) is 3.69. The van der Waals surface area contributed by atoms with E-state index in [0.717, 1.165) is 39.4 Å². The number of hydrogen-bond acceptors (Lipinski definition) is 4. The Morgan fingerprint density at radius 2 is 1.78 bits per heavy atom. The molecule has 0 bridgehead atoms. The quantitative estimate of drug-likeness (QED) is 0.597. The zero-order valence-corrected chi connectivity index (χ0v) is 14.8. The summed E-state index contributed by atoms with van der Waals surface area (Å²) in [6.45, 7) is 0. The molecule has 27 heavy (non-hydrogen) atoms. The average Bonchev–Trinajstić information content (AvgIpc) is 3.04. The first kappa shape index (κ1) is 15.7. The zero-order valence-electron chi connectivity index (χ0n) is 14.8. The van der Waals surface area contributed by atoms with Gasteiger partial charge < -0.3 is 5.32 Å². The molecule has 1 N–H and O–H groups in total. The van der Waals surface area contributed by atoms with Crippen LogP contribution in [-0.2, 0) is 11.8 Å². The maximum atomic E-state index is 12.4. The molecule has 0 radical (unpaired) electrons. The third-order valence-corrected chi connectivity index (χ3v) is 4.95. The maximum Gasteiger partial charge on any atom is 0.226 e. The molecule has 0 spiro atoms. The topological polar surface area (TPSA) is 72.7 Å². The third-order valence-electron chi connectivity index (χ3n) is 4.95. The van der Waals surface area contributed by atoms with Crippen molar-refractivity contribution in [3.05, 3.63) is 72.1 Å². The standard InChI is InChI=1S/C21H17N5O/c1-26-21-19(20(25-26)13-7-3-2-4-8-13)14(11-18(27)24-21)17-12-22-15-9-5-6-10-16(15)23-17/h2-10,12,14H,11H2,1H3,(H,24,27)/t14-/m1/s1. The molecule has 0 unspecified atom stereocenters. The molecule has 1 amide bonds. The minimum Gasteiger partial charge on any atom is -0.311 e. The highest BCUT2D eigenvalue weighted by Gasteiger charge is 2.34. The lowest BCUT2D eigenvalue weighted by Crippen LogP contribution is -2.25. The van der Waals surface area contributed by atoms with Crippen molar-refractivity contribution in [3.63, 3.8) is 0 Å². The van der Waals surface area contributed by atoms with Crippen LogP contribution in [0, 0.1) is 0 Å². The molecule has 2 aromatic carbocycles. The van der Waals surface area contributed by atoms with Crippen molar-refractivity contribution in [2.75, 3.05) is 5.32 Å². The lowest BCUT2D eigenvalue weighted by molar-refractivity contribution is -0.116. The van der Waals surface area contributed by atoms with E-state index in [0.29, 0.717) is 6.42 Å². The number of hydrogen-bond donors (Lipinski definition) is 1. The predicted octanol–water partition coefficient (Wildman–Crippen LogP) is 3.50. The molecule has 0 saturated heterocycles. The van der Waals surface area contributed by atoms with Gasteiger partial charge in [0, 0.05) is 36.7 Å². The van der Waals surface area contributed by atoms with Crippen LogP contribution in [0.3, 0.4) is 0 Å². The average molecular weight is 355 g/mol. The Morgan fingerprint density at radius 3 is 2.59 bits per heavy atom. The summed E-state index contributed by atoms with van der Waals surface area (Å²) in [5.41, 5.74) is 5.34. The van der Waals surface area contributed by atoms with Crippen LogP contribution < -0.4 is 5.32 Å². The van der Waals surface area contributed by atoms with E-state index in [4.69, 9.17) is 4.98 Å². The Kier molecular flexibility index (Phi) is 3.50. The van der Waals surface area contributed by atoms with Gasteiger partial charge in [-0.15, -0.1) is 0 Å². The van der Waals surface area contributed by atoms with Gasteiger partial charge in [0.25, 0.3) is 0 Å². The molecule has 4 aromatic rings. The van der Waals surface area contributed by atoms with Crippen molar-refractivity contribution in [2.24, 2.45) is 7.05 Å². The summed E-state index contributed by atoms with van der Waals surface area (Å²) in [7, 11) is 1.85. The molecule has 1 aliphatic heterocycles. The number of aromatic nitrogens is 4. The fourth-order valence-corrected chi connectivity index (χ4v) is 3.69. The van der Waals surface area contributed by atoms with Crippen LogP contribution in [0.5, 0.6) is 0 Å². The summed E-state index contributed by atoms with van der Waals surface area (Å²) in [6, 6.07) is 17.8. The molecule has 0 aliphatic carbocycles. The molecule has 6 heteroatoms. The predicted molar refractivity (Wildman–Crippen MR) is 103 cm³/mol. The van der Waals surface area contributed by atoms with Gasteiger partial charge >= 0.3 is 0 Å². The molecule has 0 saturated carbocycles. The largest absolute Gasteiger partial charge is 0.311 e. The lowest BCUT2D eigenvalue weighted by Gasteiger charge is -2.23. The van der Waals surface area contributed by atoms with Crippen molar-refractivity contribution in [3.8, 4) is 11.3 Å². The van der Waals surface area contributed by atoms with Gasteiger partial charge in [-0.25, -0.2) is 4.98 Å². The van der Waals surface area contributed by atoms with Gasteiger partial charge in [-0.1, -0.05) is 42.5 Å². The Bertz CT molecular complexity index is 1170. The number of rotatable bonds is 2. The minimum atomic E-state index is -0.185. The van der Waals surface area contributed by atoms with Crippen LogP contribution >= 0.6 is 0 Å². The highest BCUT2D eigenvalue weighted by atomic mass is 16.1. The molecule has 1 atom stereocenters. The van der Waals surface area contributed by atoms with Crippen LogP contribution in [0.25, 0.3) is 22.3 Å². The number of benzene rings is 2. The highest BCUT2D eigenvalue weighted by Crippen LogP contribution is 2.42. The normalized spacial score (nSPS) is 16.2. The highest BCUT2D eigenvalue weighted by molar-refractivity contribution is 5.96. The first-order chi connectivity index (χ1) is 13.2. The van der Waals surface area contributed by atoms with Crippen molar-refractivity contribution in [1.29, 1.82) is 0 Å². The molecule has 3 heterocycles. The minimum absolute atomic E-state index is 0.0370. The lowest BCUT2D eigenvalue weighted by atomic mass is 9.87. The summed E-state index contributed by atoms with van der Waals surface area (Å²) >= 11 is 0. The molecule has 132 valence electrons. The van der Waals surface area contributed by atoms with Gasteiger partial charge in [0.2, 0.25) is 5.91 Å². The van der Waals surface area contributed by atoms with E-state index in [1.807, 2.05) is 61.6 Å². The van der Waals surface area contributed by atoms with E-state index in [1.165, 1.54) is 0 Å². The number of carbonyl (C=O) groups is 1. The van der Waals surface area contributed by atoms with E-state index in [2.05, 4.69) is 15.4 Å². The zero-order chi connectivity index (χ0) is 18.4. The van der Waals surface area contributed by atoms with Crippen molar-refractivity contribution < 1.29 is 4.79 Å². The number of amides is 1. The van der Waals surface area contributed by atoms with Crippen LogP contribution in [0.4, 0.5) is 5.82 Å². The molecule has 1 aliphatic rings. The Morgan fingerprint density at radius 1 is 1.04 bits per heavy atom. The molecule has 6 nitrogen and oxygen atoms in total. The first-order valence-electron chi connectivity index (χ1n) is 8.84. The second-order valence-electron chi connectivity index (χ2n) is 6.69. The van der Waals surface area contributed by atoms with Crippen LogP contribution in [0.1, 0.15) is 23.6 Å². The Hall–Kier alpha value is -3.54. The molecular weight excluding hydrogens is 338 g/mol.